The Labute approximate surface area is 74.6 Å². The fourth-order valence-corrected chi connectivity index (χ4v) is 1.84. The van der Waals surface area contributed by atoms with Crippen molar-refractivity contribution in [2.75, 3.05) is 0 Å². The molecule has 0 aliphatic rings. The summed E-state index contributed by atoms with van der Waals surface area (Å²) in [5, 5.41) is 5.07. The molecule has 0 bridgehead atoms. The van der Waals surface area contributed by atoms with Crippen molar-refractivity contribution < 1.29 is 0 Å². The van der Waals surface area contributed by atoms with Gasteiger partial charge in [0.15, 0.2) is 7.85 Å². The first-order chi connectivity index (χ1) is 5.04. The molecule has 0 radical (unpaired) electrons. The van der Waals surface area contributed by atoms with Crippen molar-refractivity contribution in [2.45, 2.75) is 24.8 Å². The predicted molar refractivity (Wildman–Crippen MR) is 55.7 cm³/mol. The third-order valence-corrected chi connectivity index (χ3v) is 2.27. The van der Waals surface area contributed by atoms with Gasteiger partial charge in [-0.1, -0.05) is 13.8 Å². The van der Waals surface area contributed by atoms with Gasteiger partial charge in [-0.15, -0.1) is 12.6 Å². The van der Waals surface area contributed by atoms with Crippen molar-refractivity contribution >= 4 is 34.0 Å². The van der Waals surface area contributed by atoms with Crippen molar-refractivity contribution in [3.05, 3.63) is 5.56 Å². The average molecular weight is 166 g/mol. The second-order valence-electron chi connectivity index (χ2n) is 3.10. The van der Waals surface area contributed by atoms with Gasteiger partial charge in [-0.05, 0) is 17.1 Å². The van der Waals surface area contributed by atoms with E-state index in [1.807, 2.05) is 12.6 Å². The van der Waals surface area contributed by atoms with Crippen LogP contribution in [0.1, 0.15) is 25.3 Å². The van der Waals surface area contributed by atoms with Crippen molar-refractivity contribution in [2.24, 2.45) is 0 Å². The lowest BCUT2D eigenvalue weighted by Crippen LogP contribution is -2.20. The van der Waals surface area contributed by atoms with Crippen LogP contribution in [-0.2, 0) is 0 Å². The summed E-state index contributed by atoms with van der Waals surface area (Å²) in [4.78, 5) is 0. The number of rotatable bonds is 1. The Balaban J connectivity index is 3.22. The number of nitrogens with zero attached hydrogens (tertiary/aromatic N) is 2. The standard InChI is InChI=1S/C6H12B2N2S/c1-3(2)4-5(7)10(8)9-6(4)11/h3H,7-8H2,1-2H3,(H,9,11). The zero-order chi connectivity index (χ0) is 8.59. The quantitative estimate of drug-likeness (QED) is 0.416. The second kappa shape index (κ2) is 2.97. The molecule has 0 aromatic carbocycles. The fourth-order valence-electron chi connectivity index (χ4n) is 1.28. The van der Waals surface area contributed by atoms with Crippen LogP contribution in [0.3, 0.4) is 0 Å². The van der Waals surface area contributed by atoms with Crippen LogP contribution in [0, 0.1) is 0 Å². The van der Waals surface area contributed by atoms with E-state index < -0.39 is 0 Å². The monoisotopic (exact) mass is 166 g/mol. The normalized spacial score (nSPS) is 10.9. The molecule has 0 aliphatic carbocycles. The van der Waals surface area contributed by atoms with Gasteiger partial charge in [-0.3, -0.25) is 0 Å². The summed E-state index contributed by atoms with van der Waals surface area (Å²) in [5.74, 6) is 0.510. The third-order valence-electron chi connectivity index (χ3n) is 1.94. The molecule has 58 valence electrons. The predicted octanol–water partition coefficient (Wildman–Crippen LogP) is -1.05. The van der Waals surface area contributed by atoms with Crippen LogP contribution >= 0.6 is 12.6 Å². The van der Waals surface area contributed by atoms with E-state index in [9.17, 15) is 0 Å². The van der Waals surface area contributed by atoms with Gasteiger partial charge in [0.2, 0.25) is 7.98 Å². The molecule has 1 aromatic rings. The summed E-state index contributed by atoms with van der Waals surface area (Å²) in [6.45, 7) is 4.31. The molecule has 0 fully saturated rings. The highest BCUT2D eigenvalue weighted by molar-refractivity contribution is 7.80. The molecule has 2 nitrogen and oxygen atoms in total. The molecule has 0 amide bonds. The minimum atomic E-state index is 0.510. The van der Waals surface area contributed by atoms with Crippen molar-refractivity contribution in [1.29, 1.82) is 0 Å². The Morgan fingerprint density at radius 2 is 2.09 bits per heavy atom. The first-order valence-electron chi connectivity index (χ1n) is 3.76. The van der Waals surface area contributed by atoms with Gasteiger partial charge < -0.3 is 4.59 Å². The molecular formula is C6H12B2N2S. The molecule has 0 unspecified atom stereocenters. The Kier molecular flexibility index (Phi) is 2.37. The Bertz CT molecular complexity index is 270. The Hall–Kier alpha value is -0.310. The molecule has 0 saturated carbocycles. The highest BCUT2D eigenvalue weighted by Crippen LogP contribution is 2.17. The molecule has 0 N–H and O–H groups in total. The highest BCUT2D eigenvalue weighted by atomic mass is 32.1. The molecule has 0 aliphatic heterocycles. The van der Waals surface area contributed by atoms with E-state index >= 15 is 0 Å². The van der Waals surface area contributed by atoms with Crippen LogP contribution in [0.25, 0.3) is 0 Å². The van der Waals surface area contributed by atoms with Crippen LogP contribution in [0.15, 0.2) is 5.03 Å². The lowest BCUT2D eigenvalue weighted by atomic mass is 9.92. The van der Waals surface area contributed by atoms with Gasteiger partial charge in [-0.2, -0.15) is 5.10 Å². The molecule has 0 spiro atoms. The number of aromatic nitrogens is 2. The van der Waals surface area contributed by atoms with Gasteiger partial charge in [-0.25, -0.2) is 0 Å². The van der Waals surface area contributed by atoms with Crippen molar-refractivity contribution in [3.63, 3.8) is 0 Å². The van der Waals surface area contributed by atoms with Gasteiger partial charge in [0.05, 0.1) is 0 Å². The minimum Gasteiger partial charge on any atom is -0.332 e. The van der Waals surface area contributed by atoms with Crippen LogP contribution in [0.4, 0.5) is 0 Å². The fraction of sp³-hybridized carbons (Fsp3) is 0.500. The summed E-state index contributed by atoms with van der Waals surface area (Å²) in [6.07, 6.45) is 0. The van der Waals surface area contributed by atoms with E-state index in [0.717, 1.165) is 5.03 Å². The maximum atomic E-state index is 4.30. The molecular weight excluding hydrogens is 154 g/mol. The Morgan fingerprint density at radius 1 is 1.55 bits per heavy atom. The second-order valence-corrected chi connectivity index (χ2v) is 3.52. The highest BCUT2D eigenvalue weighted by Gasteiger charge is 2.11. The van der Waals surface area contributed by atoms with Crippen LogP contribution < -0.4 is 5.59 Å². The largest absolute Gasteiger partial charge is 0.332 e. The summed E-state index contributed by atoms with van der Waals surface area (Å²) >= 11 is 4.30. The van der Waals surface area contributed by atoms with Crippen molar-refractivity contribution in [1.82, 2.24) is 9.69 Å². The topological polar surface area (TPSA) is 17.8 Å². The number of hydrogen-bond acceptors (Lipinski definition) is 2. The molecule has 1 heterocycles. The van der Waals surface area contributed by atoms with Crippen LogP contribution in [0.2, 0.25) is 0 Å². The van der Waals surface area contributed by atoms with Gasteiger partial charge in [0.25, 0.3) is 0 Å². The SMILES string of the molecule is Bc1c(C(C)C)c(S)nn1B. The van der Waals surface area contributed by atoms with E-state index in [1.165, 1.54) is 11.2 Å². The van der Waals surface area contributed by atoms with E-state index in [2.05, 4.69) is 39.4 Å². The third kappa shape index (κ3) is 1.48. The lowest BCUT2D eigenvalue weighted by Gasteiger charge is -2.04. The van der Waals surface area contributed by atoms with Crippen molar-refractivity contribution in [3.8, 4) is 0 Å². The summed E-state index contributed by atoms with van der Waals surface area (Å²) in [6, 6.07) is 0. The molecule has 0 saturated heterocycles. The molecule has 1 rings (SSSR count). The smallest absolute Gasteiger partial charge is 0.248 e. The first-order valence-corrected chi connectivity index (χ1v) is 4.21. The molecule has 0 atom stereocenters. The summed E-state index contributed by atoms with van der Waals surface area (Å²) < 4.78 is 1.87. The van der Waals surface area contributed by atoms with Gasteiger partial charge >= 0.3 is 0 Å². The number of thiol groups is 1. The van der Waals surface area contributed by atoms with E-state index in [-0.39, 0.29) is 0 Å². The molecule has 1 aromatic heterocycles. The average Bonchev–Trinajstić information content (AvgIpc) is 2.07. The lowest BCUT2D eigenvalue weighted by molar-refractivity contribution is 0.839. The zero-order valence-corrected chi connectivity index (χ0v) is 8.31. The van der Waals surface area contributed by atoms with Gasteiger partial charge in [0, 0.05) is 0 Å². The Morgan fingerprint density at radius 3 is 2.27 bits per heavy atom. The molecule has 11 heavy (non-hydrogen) atoms. The van der Waals surface area contributed by atoms with Gasteiger partial charge in [0.1, 0.15) is 5.03 Å². The minimum absolute atomic E-state index is 0.510. The van der Waals surface area contributed by atoms with E-state index in [0.29, 0.717) is 5.92 Å². The zero-order valence-electron chi connectivity index (χ0n) is 7.42. The van der Waals surface area contributed by atoms with E-state index in [4.69, 9.17) is 0 Å². The maximum absolute atomic E-state index is 4.30. The summed E-state index contributed by atoms with van der Waals surface area (Å²) in [7, 11) is 4.02. The first kappa shape index (κ1) is 8.78. The molecule has 5 heteroatoms. The van der Waals surface area contributed by atoms with Crippen LogP contribution in [-0.4, -0.2) is 25.5 Å². The van der Waals surface area contributed by atoms with E-state index in [1.54, 1.807) is 0 Å². The maximum Gasteiger partial charge on any atom is 0.248 e. The summed E-state index contributed by atoms with van der Waals surface area (Å²) in [5.41, 5.74) is 2.47. The number of hydrogen-bond donors (Lipinski definition) is 1. The van der Waals surface area contributed by atoms with Crippen LogP contribution in [0.5, 0.6) is 0 Å².